The topological polar surface area (TPSA) is 53.1 Å². The number of hydrogen-bond donors (Lipinski definition) is 0. The van der Waals surface area contributed by atoms with E-state index in [4.69, 9.17) is 4.74 Å². The Bertz CT molecular complexity index is 822. The standard InChI is InChI=1S/C21H23N3O3/c1-22-11-12-24(19(15-22)16-5-3-2-4-6-16)20(25)17-7-9-18(10-8-17)23-13-14-27-21(23)26/h2-10,19H,11-15H2,1H3. The summed E-state index contributed by atoms with van der Waals surface area (Å²) >= 11 is 0. The number of nitrogens with zero attached hydrogens (tertiary/aromatic N) is 3. The molecule has 0 saturated carbocycles. The Balaban J connectivity index is 1.56. The fourth-order valence-electron chi connectivity index (χ4n) is 3.70. The van der Waals surface area contributed by atoms with E-state index in [1.165, 1.54) is 0 Å². The molecule has 2 amide bonds. The number of ether oxygens (including phenoxy) is 1. The lowest BCUT2D eigenvalue weighted by molar-refractivity contribution is 0.0498. The summed E-state index contributed by atoms with van der Waals surface area (Å²) in [5.41, 5.74) is 2.54. The van der Waals surface area contributed by atoms with Gasteiger partial charge in [-0.15, -0.1) is 0 Å². The van der Waals surface area contributed by atoms with Crippen molar-refractivity contribution < 1.29 is 14.3 Å². The van der Waals surface area contributed by atoms with Crippen molar-refractivity contribution in [2.24, 2.45) is 0 Å². The molecule has 0 aromatic heterocycles. The number of likely N-dealkylation sites (N-methyl/N-ethyl adjacent to an activating group) is 1. The average Bonchev–Trinajstić information content (AvgIpc) is 3.14. The summed E-state index contributed by atoms with van der Waals surface area (Å²) in [6, 6.07) is 17.4. The van der Waals surface area contributed by atoms with Crippen molar-refractivity contribution >= 4 is 17.7 Å². The molecule has 2 aromatic rings. The minimum absolute atomic E-state index is 0.0208. The van der Waals surface area contributed by atoms with Gasteiger partial charge in [0.25, 0.3) is 5.91 Å². The lowest BCUT2D eigenvalue weighted by Crippen LogP contribution is -2.49. The zero-order valence-corrected chi connectivity index (χ0v) is 15.4. The molecule has 1 atom stereocenters. The fraction of sp³-hybridized carbons (Fsp3) is 0.333. The van der Waals surface area contributed by atoms with Crippen LogP contribution in [0.5, 0.6) is 0 Å². The molecule has 1 unspecified atom stereocenters. The van der Waals surface area contributed by atoms with E-state index in [1.807, 2.05) is 35.2 Å². The third kappa shape index (κ3) is 3.53. The number of anilines is 1. The maximum absolute atomic E-state index is 13.2. The summed E-state index contributed by atoms with van der Waals surface area (Å²) in [7, 11) is 2.08. The predicted molar refractivity (Wildman–Crippen MR) is 103 cm³/mol. The van der Waals surface area contributed by atoms with Gasteiger partial charge in [0.2, 0.25) is 0 Å². The minimum atomic E-state index is -0.336. The molecule has 2 aliphatic heterocycles. The van der Waals surface area contributed by atoms with Gasteiger partial charge in [-0.3, -0.25) is 9.69 Å². The number of hydrogen-bond acceptors (Lipinski definition) is 4. The van der Waals surface area contributed by atoms with Crippen molar-refractivity contribution in [3.63, 3.8) is 0 Å². The van der Waals surface area contributed by atoms with E-state index in [0.29, 0.717) is 25.3 Å². The Morgan fingerprint density at radius 3 is 2.41 bits per heavy atom. The van der Waals surface area contributed by atoms with Gasteiger partial charge in [0, 0.05) is 30.9 Å². The molecule has 0 radical (unpaired) electrons. The Morgan fingerprint density at radius 1 is 1.00 bits per heavy atom. The SMILES string of the molecule is CN1CCN(C(=O)c2ccc(N3CCOC3=O)cc2)C(c2ccccc2)C1. The second kappa shape index (κ2) is 7.40. The highest BCUT2D eigenvalue weighted by atomic mass is 16.6. The van der Waals surface area contributed by atoms with Crippen LogP contribution in [-0.2, 0) is 4.74 Å². The first kappa shape index (κ1) is 17.5. The van der Waals surface area contributed by atoms with Crippen LogP contribution < -0.4 is 4.90 Å². The molecule has 2 saturated heterocycles. The number of carbonyl (C=O) groups excluding carboxylic acids is 2. The molecule has 6 nitrogen and oxygen atoms in total. The zero-order chi connectivity index (χ0) is 18.8. The molecule has 27 heavy (non-hydrogen) atoms. The summed E-state index contributed by atoms with van der Waals surface area (Å²) in [5.74, 6) is 0.0208. The highest BCUT2D eigenvalue weighted by molar-refractivity contribution is 5.96. The van der Waals surface area contributed by atoms with Crippen molar-refractivity contribution in [1.82, 2.24) is 9.80 Å². The van der Waals surface area contributed by atoms with E-state index in [9.17, 15) is 9.59 Å². The number of piperazine rings is 1. The van der Waals surface area contributed by atoms with Crippen LogP contribution in [0.15, 0.2) is 54.6 Å². The Hall–Kier alpha value is -2.86. The third-order valence-corrected chi connectivity index (χ3v) is 5.22. The maximum Gasteiger partial charge on any atom is 0.414 e. The van der Waals surface area contributed by atoms with Crippen LogP contribution in [0.1, 0.15) is 22.0 Å². The van der Waals surface area contributed by atoms with Crippen molar-refractivity contribution in [1.29, 1.82) is 0 Å². The van der Waals surface area contributed by atoms with Crippen LogP contribution in [0, 0.1) is 0 Å². The quantitative estimate of drug-likeness (QED) is 0.839. The van der Waals surface area contributed by atoms with E-state index >= 15 is 0 Å². The van der Waals surface area contributed by atoms with Gasteiger partial charge in [-0.05, 0) is 36.9 Å². The van der Waals surface area contributed by atoms with Crippen molar-refractivity contribution in [3.05, 3.63) is 65.7 Å². The molecule has 0 bridgehead atoms. The average molecular weight is 365 g/mol. The monoisotopic (exact) mass is 365 g/mol. The first-order valence-corrected chi connectivity index (χ1v) is 9.22. The summed E-state index contributed by atoms with van der Waals surface area (Å²) < 4.78 is 4.97. The van der Waals surface area contributed by atoms with Gasteiger partial charge >= 0.3 is 6.09 Å². The van der Waals surface area contributed by atoms with Crippen molar-refractivity contribution in [2.45, 2.75) is 6.04 Å². The van der Waals surface area contributed by atoms with Gasteiger partial charge in [0.05, 0.1) is 12.6 Å². The van der Waals surface area contributed by atoms with Gasteiger partial charge < -0.3 is 14.5 Å². The molecule has 2 heterocycles. The van der Waals surface area contributed by atoms with Gasteiger partial charge in [0.15, 0.2) is 0 Å². The molecular formula is C21H23N3O3. The normalized spacial score (nSPS) is 20.6. The second-order valence-electron chi connectivity index (χ2n) is 7.00. The van der Waals surface area contributed by atoms with Crippen LogP contribution in [-0.4, -0.2) is 61.6 Å². The smallest absolute Gasteiger partial charge is 0.414 e. The number of cyclic esters (lactones) is 1. The van der Waals surface area contributed by atoms with Crippen LogP contribution in [0.2, 0.25) is 0 Å². The lowest BCUT2D eigenvalue weighted by atomic mass is 10.0. The molecule has 0 aliphatic carbocycles. The molecule has 0 spiro atoms. The zero-order valence-electron chi connectivity index (χ0n) is 15.4. The van der Waals surface area contributed by atoms with E-state index in [0.717, 1.165) is 24.3 Å². The fourth-order valence-corrected chi connectivity index (χ4v) is 3.70. The van der Waals surface area contributed by atoms with Gasteiger partial charge in [0.1, 0.15) is 6.61 Å². The molecule has 4 rings (SSSR count). The Kier molecular flexibility index (Phi) is 4.81. The highest BCUT2D eigenvalue weighted by Crippen LogP contribution is 2.27. The summed E-state index contributed by atoms with van der Waals surface area (Å²) in [5, 5.41) is 0. The van der Waals surface area contributed by atoms with Crippen LogP contribution in [0.4, 0.5) is 10.5 Å². The van der Waals surface area contributed by atoms with E-state index in [2.05, 4.69) is 24.1 Å². The third-order valence-electron chi connectivity index (χ3n) is 5.22. The Morgan fingerprint density at radius 2 is 1.74 bits per heavy atom. The van der Waals surface area contributed by atoms with Crippen LogP contribution in [0.25, 0.3) is 0 Å². The first-order chi connectivity index (χ1) is 13.1. The van der Waals surface area contributed by atoms with Gasteiger partial charge in [-0.1, -0.05) is 30.3 Å². The second-order valence-corrected chi connectivity index (χ2v) is 7.00. The molecular weight excluding hydrogens is 342 g/mol. The molecule has 140 valence electrons. The van der Waals surface area contributed by atoms with Crippen LogP contribution in [0.3, 0.4) is 0 Å². The van der Waals surface area contributed by atoms with E-state index in [1.54, 1.807) is 17.0 Å². The summed E-state index contributed by atoms with van der Waals surface area (Å²) in [6.45, 7) is 3.30. The maximum atomic E-state index is 13.2. The molecule has 6 heteroatoms. The minimum Gasteiger partial charge on any atom is -0.447 e. The number of benzene rings is 2. The predicted octanol–water partition coefficient (Wildman–Crippen LogP) is 2.77. The van der Waals surface area contributed by atoms with E-state index < -0.39 is 0 Å². The first-order valence-electron chi connectivity index (χ1n) is 9.22. The lowest BCUT2D eigenvalue weighted by Gasteiger charge is -2.40. The summed E-state index contributed by atoms with van der Waals surface area (Å²) in [4.78, 5) is 30.7. The molecule has 2 aromatic carbocycles. The van der Waals surface area contributed by atoms with Crippen molar-refractivity contribution in [3.8, 4) is 0 Å². The van der Waals surface area contributed by atoms with E-state index in [-0.39, 0.29) is 18.0 Å². The Labute approximate surface area is 158 Å². The highest BCUT2D eigenvalue weighted by Gasteiger charge is 2.31. The van der Waals surface area contributed by atoms with Crippen molar-refractivity contribution in [2.75, 3.05) is 44.7 Å². The molecule has 2 fully saturated rings. The molecule has 0 N–H and O–H groups in total. The van der Waals surface area contributed by atoms with Gasteiger partial charge in [-0.2, -0.15) is 0 Å². The molecule has 2 aliphatic rings. The van der Waals surface area contributed by atoms with Gasteiger partial charge in [-0.25, -0.2) is 4.79 Å². The number of rotatable bonds is 3. The largest absolute Gasteiger partial charge is 0.447 e. The number of carbonyl (C=O) groups is 2. The number of amides is 2. The summed E-state index contributed by atoms with van der Waals surface area (Å²) in [6.07, 6.45) is -0.336. The van der Waals surface area contributed by atoms with Crippen LogP contribution >= 0.6 is 0 Å².